The van der Waals surface area contributed by atoms with Gasteiger partial charge in [-0.05, 0) is 18.6 Å². The van der Waals surface area contributed by atoms with Crippen molar-refractivity contribution < 1.29 is 0 Å². The van der Waals surface area contributed by atoms with Crippen LogP contribution in [0.25, 0.3) is 0 Å². The molecule has 4 heteroatoms. The van der Waals surface area contributed by atoms with Gasteiger partial charge in [0.2, 0.25) is 0 Å². The highest BCUT2D eigenvalue weighted by molar-refractivity contribution is 5.13. The average molecular weight is 202 g/mol. The normalized spacial score (nSPS) is 12.6. The molecular formula is C11H14N4. The summed E-state index contributed by atoms with van der Waals surface area (Å²) in [6.07, 6.45) is 7.17. The maximum atomic E-state index is 4.09. The highest BCUT2D eigenvalue weighted by atomic mass is 15.0. The first kappa shape index (κ1) is 9.86. The molecule has 2 N–H and O–H groups in total. The fourth-order valence-corrected chi connectivity index (χ4v) is 1.39. The zero-order valence-electron chi connectivity index (χ0n) is 8.64. The van der Waals surface area contributed by atoms with Gasteiger partial charge in [-0.1, -0.05) is 6.07 Å². The van der Waals surface area contributed by atoms with Gasteiger partial charge in [0.05, 0.1) is 6.33 Å². The van der Waals surface area contributed by atoms with Crippen LogP contribution in [0.4, 0.5) is 0 Å². The summed E-state index contributed by atoms with van der Waals surface area (Å²) in [6, 6.07) is 4.31. The van der Waals surface area contributed by atoms with Crippen LogP contribution in [-0.4, -0.2) is 15.0 Å². The molecule has 0 amide bonds. The van der Waals surface area contributed by atoms with Crippen molar-refractivity contribution in [3.05, 3.63) is 48.3 Å². The Morgan fingerprint density at radius 1 is 1.40 bits per heavy atom. The van der Waals surface area contributed by atoms with Gasteiger partial charge in [-0.15, -0.1) is 0 Å². The number of nitrogens with one attached hydrogen (secondary N) is 2. The first-order valence-electron chi connectivity index (χ1n) is 4.97. The van der Waals surface area contributed by atoms with Gasteiger partial charge in [0.15, 0.2) is 0 Å². The van der Waals surface area contributed by atoms with E-state index in [-0.39, 0.29) is 0 Å². The van der Waals surface area contributed by atoms with Crippen LogP contribution in [-0.2, 0) is 6.54 Å². The lowest BCUT2D eigenvalue weighted by molar-refractivity contribution is 0.567. The number of aromatic nitrogens is 3. The molecule has 2 aromatic heterocycles. The predicted molar refractivity (Wildman–Crippen MR) is 58.1 cm³/mol. The minimum atomic E-state index is 0.294. The van der Waals surface area contributed by atoms with Crippen molar-refractivity contribution in [3.8, 4) is 0 Å². The minimum absolute atomic E-state index is 0.294. The third-order valence-electron chi connectivity index (χ3n) is 2.34. The van der Waals surface area contributed by atoms with E-state index in [1.807, 2.05) is 18.5 Å². The molecule has 0 aliphatic rings. The lowest BCUT2D eigenvalue weighted by Crippen LogP contribution is -2.18. The highest BCUT2D eigenvalue weighted by Crippen LogP contribution is 2.10. The summed E-state index contributed by atoms with van der Waals surface area (Å²) in [5.41, 5.74) is 2.28. The van der Waals surface area contributed by atoms with E-state index >= 15 is 0 Å². The second-order valence-corrected chi connectivity index (χ2v) is 3.47. The van der Waals surface area contributed by atoms with Gasteiger partial charge in [0.25, 0.3) is 0 Å². The number of nitrogens with zero attached hydrogens (tertiary/aromatic N) is 2. The molecule has 0 fully saturated rings. The third kappa shape index (κ3) is 2.63. The van der Waals surface area contributed by atoms with Crippen molar-refractivity contribution in [1.29, 1.82) is 0 Å². The third-order valence-corrected chi connectivity index (χ3v) is 2.34. The minimum Gasteiger partial charge on any atom is -0.347 e. The Morgan fingerprint density at radius 2 is 2.33 bits per heavy atom. The standard InChI is InChI=1S/C11H14N4/c1-9(10-3-2-4-12-5-10)14-7-11-6-13-8-15-11/h2-6,8-9,14H,7H2,1H3,(H,13,15). The van der Waals surface area contributed by atoms with E-state index in [4.69, 9.17) is 0 Å². The summed E-state index contributed by atoms with van der Waals surface area (Å²) in [5.74, 6) is 0. The lowest BCUT2D eigenvalue weighted by atomic mass is 10.1. The molecule has 0 aliphatic heterocycles. The van der Waals surface area contributed by atoms with Gasteiger partial charge >= 0.3 is 0 Å². The fraction of sp³-hybridized carbons (Fsp3) is 0.273. The zero-order valence-corrected chi connectivity index (χ0v) is 8.64. The molecule has 1 unspecified atom stereocenters. The van der Waals surface area contributed by atoms with Crippen molar-refractivity contribution in [2.24, 2.45) is 0 Å². The molecular weight excluding hydrogens is 188 g/mol. The quantitative estimate of drug-likeness (QED) is 0.792. The summed E-state index contributed by atoms with van der Waals surface area (Å²) in [5, 5.41) is 3.39. The molecule has 2 heterocycles. The van der Waals surface area contributed by atoms with Gasteiger partial charge in [-0.25, -0.2) is 4.98 Å². The van der Waals surface area contributed by atoms with E-state index in [0.717, 1.165) is 12.2 Å². The van der Waals surface area contributed by atoms with E-state index in [0.29, 0.717) is 6.04 Å². The van der Waals surface area contributed by atoms with Gasteiger partial charge < -0.3 is 10.3 Å². The maximum absolute atomic E-state index is 4.09. The van der Waals surface area contributed by atoms with Crippen molar-refractivity contribution in [2.45, 2.75) is 19.5 Å². The average Bonchev–Trinajstić information content (AvgIpc) is 2.80. The number of imidazole rings is 1. The molecule has 78 valence electrons. The fourth-order valence-electron chi connectivity index (χ4n) is 1.39. The number of rotatable bonds is 4. The van der Waals surface area contributed by atoms with Crippen LogP contribution < -0.4 is 5.32 Å². The summed E-state index contributed by atoms with van der Waals surface area (Å²) in [7, 11) is 0. The Balaban J connectivity index is 1.90. The second-order valence-electron chi connectivity index (χ2n) is 3.47. The van der Waals surface area contributed by atoms with E-state index in [1.54, 1.807) is 12.5 Å². The molecule has 15 heavy (non-hydrogen) atoms. The summed E-state index contributed by atoms with van der Waals surface area (Å²) < 4.78 is 0. The Hall–Kier alpha value is -1.68. The maximum Gasteiger partial charge on any atom is 0.0922 e. The molecule has 4 nitrogen and oxygen atoms in total. The van der Waals surface area contributed by atoms with Crippen LogP contribution in [0.5, 0.6) is 0 Å². The highest BCUT2D eigenvalue weighted by Gasteiger charge is 2.04. The van der Waals surface area contributed by atoms with Crippen molar-refractivity contribution in [2.75, 3.05) is 0 Å². The monoisotopic (exact) mass is 202 g/mol. The van der Waals surface area contributed by atoms with Gasteiger partial charge in [-0.3, -0.25) is 4.98 Å². The number of hydrogen-bond donors (Lipinski definition) is 2. The van der Waals surface area contributed by atoms with Gasteiger partial charge in [0.1, 0.15) is 0 Å². The Labute approximate surface area is 88.8 Å². The predicted octanol–water partition coefficient (Wildman–Crippen LogP) is 1.66. The van der Waals surface area contributed by atoms with Crippen LogP contribution in [0.15, 0.2) is 37.1 Å². The molecule has 0 aromatic carbocycles. The topological polar surface area (TPSA) is 53.6 Å². The largest absolute Gasteiger partial charge is 0.347 e. The second kappa shape index (κ2) is 4.70. The van der Waals surface area contributed by atoms with E-state index < -0.39 is 0 Å². The molecule has 0 radical (unpaired) electrons. The van der Waals surface area contributed by atoms with E-state index in [1.165, 1.54) is 5.56 Å². The first-order chi connectivity index (χ1) is 7.36. The van der Waals surface area contributed by atoms with Crippen LogP contribution in [0.1, 0.15) is 24.2 Å². The molecule has 0 aliphatic carbocycles. The first-order valence-corrected chi connectivity index (χ1v) is 4.97. The van der Waals surface area contributed by atoms with Crippen LogP contribution in [0.3, 0.4) is 0 Å². The molecule has 0 saturated heterocycles. The van der Waals surface area contributed by atoms with E-state index in [2.05, 4.69) is 33.3 Å². The van der Waals surface area contributed by atoms with Crippen molar-refractivity contribution in [3.63, 3.8) is 0 Å². The Bertz CT molecular complexity index is 382. The Kier molecular flexibility index (Phi) is 3.09. The Morgan fingerprint density at radius 3 is 3.00 bits per heavy atom. The molecule has 2 aromatic rings. The van der Waals surface area contributed by atoms with Gasteiger partial charge in [-0.2, -0.15) is 0 Å². The molecule has 0 saturated carbocycles. The van der Waals surface area contributed by atoms with Crippen molar-refractivity contribution >= 4 is 0 Å². The number of H-pyrrole nitrogens is 1. The summed E-state index contributed by atoms with van der Waals surface area (Å²) in [4.78, 5) is 11.1. The number of aromatic amines is 1. The summed E-state index contributed by atoms with van der Waals surface area (Å²) >= 11 is 0. The molecule has 1 atom stereocenters. The molecule has 0 spiro atoms. The molecule has 2 rings (SSSR count). The molecule has 0 bridgehead atoms. The van der Waals surface area contributed by atoms with Crippen LogP contribution >= 0.6 is 0 Å². The summed E-state index contributed by atoms with van der Waals surface area (Å²) in [6.45, 7) is 2.91. The van der Waals surface area contributed by atoms with Crippen LogP contribution in [0.2, 0.25) is 0 Å². The SMILES string of the molecule is CC(NCc1cnc[nH]1)c1cccnc1. The zero-order chi connectivity index (χ0) is 10.5. The van der Waals surface area contributed by atoms with E-state index in [9.17, 15) is 0 Å². The number of hydrogen-bond acceptors (Lipinski definition) is 3. The lowest BCUT2D eigenvalue weighted by Gasteiger charge is -2.12. The number of pyridine rings is 1. The van der Waals surface area contributed by atoms with Crippen LogP contribution in [0, 0.1) is 0 Å². The smallest absolute Gasteiger partial charge is 0.0922 e. The van der Waals surface area contributed by atoms with Gasteiger partial charge in [0, 0.05) is 36.9 Å². The van der Waals surface area contributed by atoms with Crippen molar-refractivity contribution in [1.82, 2.24) is 20.3 Å².